The number of oxazole rings is 1. The minimum atomic E-state index is -3.55. The van der Waals surface area contributed by atoms with Crippen molar-refractivity contribution in [2.75, 3.05) is 0 Å². The third kappa shape index (κ3) is 2.51. The number of aryl methyl sites for hydroxylation is 1. The summed E-state index contributed by atoms with van der Waals surface area (Å²) in [6, 6.07) is 10.4. The SMILES string of the molecule is Cc1nc(-c2ccc(S(=O)(=O)N3Cc4cccnc4C3)cc2)co1. The molecule has 0 aliphatic carbocycles. The van der Waals surface area contributed by atoms with Crippen LogP contribution in [-0.2, 0) is 23.1 Å². The van der Waals surface area contributed by atoms with Crippen LogP contribution in [0.1, 0.15) is 17.1 Å². The van der Waals surface area contributed by atoms with Crippen molar-refractivity contribution >= 4 is 10.0 Å². The molecule has 0 spiro atoms. The zero-order chi connectivity index (χ0) is 16.7. The highest BCUT2D eigenvalue weighted by Crippen LogP contribution is 2.28. The van der Waals surface area contributed by atoms with E-state index in [1.165, 1.54) is 4.31 Å². The predicted octanol–water partition coefficient (Wildman–Crippen LogP) is 2.75. The number of fused-ring (bicyclic) bond motifs is 1. The largest absolute Gasteiger partial charge is 0.449 e. The quantitative estimate of drug-likeness (QED) is 0.732. The lowest BCUT2D eigenvalue weighted by atomic mass is 10.2. The van der Waals surface area contributed by atoms with Gasteiger partial charge < -0.3 is 4.42 Å². The van der Waals surface area contributed by atoms with Gasteiger partial charge in [0.1, 0.15) is 12.0 Å². The summed E-state index contributed by atoms with van der Waals surface area (Å²) < 4.78 is 32.3. The van der Waals surface area contributed by atoms with Gasteiger partial charge in [0.25, 0.3) is 0 Å². The summed E-state index contributed by atoms with van der Waals surface area (Å²) in [6.07, 6.45) is 3.24. The number of rotatable bonds is 3. The molecule has 0 radical (unpaired) electrons. The highest BCUT2D eigenvalue weighted by Gasteiger charge is 2.31. The topological polar surface area (TPSA) is 76.3 Å². The highest BCUT2D eigenvalue weighted by molar-refractivity contribution is 7.89. The molecular weight excluding hydrogens is 326 g/mol. The van der Waals surface area contributed by atoms with Gasteiger partial charge >= 0.3 is 0 Å². The van der Waals surface area contributed by atoms with Gasteiger partial charge in [-0.15, -0.1) is 0 Å². The van der Waals surface area contributed by atoms with Crippen LogP contribution in [0.25, 0.3) is 11.3 Å². The Labute approximate surface area is 139 Å². The van der Waals surface area contributed by atoms with E-state index in [0.717, 1.165) is 16.8 Å². The molecule has 122 valence electrons. The van der Waals surface area contributed by atoms with Gasteiger partial charge in [-0.1, -0.05) is 18.2 Å². The van der Waals surface area contributed by atoms with E-state index in [2.05, 4.69) is 9.97 Å². The number of hydrogen-bond acceptors (Lipinski definition) is 5. The Balaban J connectivity index is 1.61. The van der Waals surface area contributed by atoms with Gasteiger partial charge in [0, 0.05) is 25.2 Å². The van der Waals surface area contributed by atoms with E-state index in [-0.39, 0.29) is 4.90 Å². The second-order valence-corrected chi connectivity index (χ2v) is 7.60. The maximum absolute atomic E-state index is 12.8. The fourth-order valence-electron chi connectivity index (χ4n) is 2.78. The summed E-state index contributed by atoms with van der Waals surface area (Å²) in [6.45, 7) is 2.43. The lowest BCUT2D eigenvalue weighted by molar-refractivity contribution is 0.430. The Bertz CT molecular complexity index is 969. The number of aromatic nitrogens is 2. The average Bonchev–Trinajstić information content (AvgIpc) is 3.21. The van der Waals surface area contributed by atoms with Crippen LogP contribution in [-0.4, -0.2) is 22.7 Å². The molecule has 1 aliphatic rings. The highest BCUT2D eigenvalue weighted by atomic mass is 32.2. The number of sulfonamides is 1. The predicted molar refractivity (Wildman–Crippen MR) is 87.3 cm³/mol. The molecule has 4 rings (SSSR count). The first-order chi connectivity index (χ1) is 11.5. The maximum atomic E-state index is 12.8. The van der Waals surface area contributed by atoms with E-state index < -0.39 is 10.0 Å². The van der Waals surface area contributed by atoms with Crippen LogP contribution in [0.5, 0.6) is 0 Å². The molecule has 2 aromatic heterocycles. The molecule has 24 heavy (non-hydrogen) atoms. The third-order valence-corrected chi connectivity index (χ3v) is 5.87. The second kappa shape index (κ2) is 5.54. The minimum absolute atomic E-state index is 0.263. The Morgan fingerprint density at radius 3 is 2.58 bits per heavy atom. The number of nitrogens with zero attached hydrogens (tertiary/aromatic N) is 3. The van der Waals surface area contributed by atoms with Crippen LogP contribution < -0.4 is 0 Å². The molecule has 1 aromatic carbocycles. The summed E-state index contributed by atoms with van der Waals surface area (Å²) in [5, 5.41) is 0. The van der Waals surface area contributed by atoms with Crippen molar-refractivity contribution in [1.82, 2.24) is 14.3 Å². The second-order valence-electron chi connectivity index (χ2n) is 5.66. The van der Waals surface area contributed by atoms with E-state index in [4.69, 9.17) is 4.42 Å². The monoisotopic (exact) mass is 341 g/mol. The van der Waals surface area contributed by atoms with Gasteiger partial charge in [0.15, 0.2) is 5.89 Å². The zero-order valence-electron chi connectivity index (χ0n) is 13.0. The minimum Gasteiger partial charge on any atom is -0.449 e. The third-order valence-electron chi connectivity index (χ3n) is 4.06. The van der Waals surface area contributed by atoms with Crippen LogP contribution in [0.4, 0.5) is 0 Å². The summed E-state index contributed by atoms with van der Waals surface area (Å²) in [5.41, 5.74) is 3.28. The van der Waals surface area contributed by atoms with E-state index in [1.54, 1.807) is 43.6 Å². The van der Waals surface area contributed by atoms with Crippen LogP contribution in [0.3, 0.4) is 0 Å². The Morgan fingerprint density at radius 2 is 1.92 bits per heavy atom. The van der Waals surface area contributed by atoms with Crippen molar-refractivity contribution in [1.29, 1.82) is 0 Å². The smallest absolute Gasteiger partial charge is 0.243 e. The Kier molecular flexibility index (Phi) is 3.47. The fraction of sp³-hybridized carbons (Fsp3) is 0.176. The van der Waals surface area contributed by atoms with Crippen molar-refractivity contribution in [3.05, 3.63) is 66.0 Å². The molecule has 0 atom stereocenters. The van der Waals surface area contributed by atoms with E-state index >= 15 is 0 Å². The summed E-state index contributed by atoms with van der Waals surface area (Å²) in [7, 11) is -3.55. The first-order valence-electron chi connectivity index (χ1n) is 7.49. The molecule has 0 unspecified atom stereocenters. The van der Waals surface area contributed by atoms with Crippen molar-refractivity contribution < 1.29 is 12.8 Å². The van der Waals surface area contributed by atoms with Crippen molar-refractivity contribution in [3.63, 3.8) is 0 Å². The average molecular weight is 341 g/mol. The molecule has 3 heterocycles. The van der Waals surface area contributed by atoms with Gasteiger partial charge in [0.05, 0.1) is 17.1 Å². The van der Waals surface area contributed by atoms with E-state index in [0.29, 0.717) is 24.7 Å². The number of hydrogen-bond donors (Lipinski definition) is 0. The van der Waals surface area contributed by atoms with Crippen molar-refractivity contribution in [3.8, 4) is 11.3 Å². The van der Waals surface area contributed by atoms with E-state index in [9.17, 15) is 8.42 Å². The first-order valence-corrected chi connectivity index (χ1v) is 8.93. The normalized spacial score (nSPS) is 14.7. The van der Waals surface area contributed by atoms with Gasteiger partial charge in [-0.2, -0.15) is 4.31 Å². The van der Waals surface area contributed by atoms with Gasteiger partial charge in [-0.3, -0.25) is 4.98 Å². The van der Waals surface area contributed by atoms with Crippen LogP contribution >= 0.6 is 0 Å². The van der Waals surface area contributed by atoms with Crippen LogP contribution in [0.15, 0.2) is 58.2 Å². The molecule has 7 heteroatoms. The van der Waals surface area contributed by atoms with Crippen molar-refractivity contribution in [2.24, 2.45) is 0 Å². The first kappa shape index (κ1) is 15.0. The molecule has 0 saturated heterocycles. The van der Waals surface area contributed by atoms with Gasteiger partial charge in [-0.05, 0) is 23.8 Å². The zero-order valence-corrected chi connectivity index (χ0v) is 13.8. The molecule has 0 N–H and O–H groups in total. The lowest BCUT2D eigenvalue weighted by Crippen LogP contribution is -2.25. The molecule has 3 aromatic rings. The molecule has 0 bridgehead atoms. The standard InChI is InChI=1S/C17H15N3O3S/c1-12-19-17(11-23-12)13-4-6-15(7-5-13)24(21,22)20-9-14-3-2-8-18-16(14)10-20/h2-8,11H,9-10H2,1H3. The molecule has 1 aliphatic heterocycles. The summed E-state index contributed by atoms with van der Waals surface area (Å²) in [5.74, 6) is 0.573. The fourth-order valence-corrected chi connectivity index (χ4v) is 4.16. The number of pyridine rings is 1. The molecular formula is C17H15N3O3S. The maximum Gasteiger partial charge on any atom is 0.243 e. The molecule has 0 amide bonds. The lowest BCUT2D eigenvalue weighted by Gasteiger charge is -2.15. The molecule has 0 fully saturated rings. The van der Waals surface area contributed by atoms with Gasteiger partial charge in [-0.25, -0.2) is 13.4 Å². The van der Waals surface area contributed by atoms with Crippen LogP contribution in [0, 0.1) is 6.92 Å². The Morgan fingerprint density at radius 1 is 1.12 bits per heavy atom. The number of benzene rings is 1. The summed E-state index contributed by atoms with van der Waals surface area (Å²) >= 11 is 0. The van der Waals surface area contributed by atoms with Crippen LogP contribution in [0.2, 0.25) is 0 Å². The van der Waals surface area contributed by atoms with E-state index in [1.807, 2.05) is 12.1 Å². The van der Waals surface area contributed by atoms with Gasteiger partial charge in [0.2, 0.25) is 10.0 Å². The van der Waals surface area contributed by atoms with Crippen molar-refractivity contribution in [2.45, 2.75) is 24.9 Å². The molecule has 0 saturated carbocycles. The molecule has 6 nitrogen and oxygen atoms in total. The summed E-state index contributed by atoms with van der Waals surface area (Å²) in [4.78, 5) is 8.75. The Hall–Kier alpha value is -2.51.